The number of hydrogen-bond donors (Lipinski definition) is 1. The highest BCUT2D eigenvalue weighted by atomic mass is 16.4. The Labute approximate surface area is 94.1 Å². The lowest BCUT2D eigenvalue weighted by Crippen LogP contribution is -2.12. The minimum absolute atomic E-state index is 0.325. The van der Waals surface area contributed by atoms with Crippen molar-refractivity contribution < 1.29 is 14.7 Å². The summed E-state index contributed by atoms with van der Waals surface area (Å²) in [6, 6.07) is 7.05. The minimum Gasteiger partial charge on any atom is -0.478 e. The second-order valence-electron chi connectivity index (χ2n) is 4.24. The molecule has 1 fully saturated rings. The summed E-state index contributed by atoms with van der Waals surface area (Å²) in [5.41, 5.74) is 1.38. The molecule has 16 heavy (non-hydrogen) atoms. The normalized spacial score (nSPS) is 17.4. The highest BCUT2D eigenvalue weighted by molar-refractivity contribution is 5.87. The van der Waals surface area contributed by atoms with Crippen molar-refractivity contribution in [3.8, 4) is 0 Å². The molecule has 0 aromatic heterocycles. The number of aromatic carboxylic acids is 1. The van der Waals surface area contributed by atoms with Crippen molar-refractivity contribution >= 4 is 11.8 Å². The van der Waals surface area contributed by atoms with Crippen LogP contribution < -0.4 is 0 Å². The summed E-state index contributed by atoms with van der Waals surface area (Å²) in [5.74, 6) is -0.226. The summed E-state index contributed by atoms with van der Waals surface area (Å²) in [6.07, 6.45) is 2.95. The predicted molar refractivity (Wildman–Crippen MR) is 59.6 cm³/mol. The smallest absolute Gasteiger partial charge is 0.335 e. The molecule has 1 aromatic carbocycles. The van der Waals surface area contributed by atoms with E-state index >= 15 is 0 Å². The van der Waals surface area contributed by atoms with Crippen LogP contribution >= 0.6 is 0 Å². The summed E-state index contributed by atoms with van der Waals surface area (Å²) < 4.78 is 0. The van der Waals surface area contributed by atoms with Gasteiger partial charge in [0.25, 0.3) is 0 Å². The molecule has 0 saturated heterocycles. The largest absolute Gasteiger partial charge is 0.478 e. The van der Waals surface area contributed by atoms with Crippen LogP contribution in [0.3, 0.4) is 0 Å². The van der Waals surface area contributed by atoms with Crippen LogP contribution in [0.2, 0.25) is 0 Å². The molecule has 2 rings (SSSR count). The van der Waals surface area contributed by atoms with Gasteiger partial charge in [-0.1, -0.05) is 12.1 Å². The molecule has 0 radical (unpaired) electrons. The Morgan fingerprint density at radius 2 is 1.94 bits per heavy atom. The first-order valence-electron chi connectivity index (χ1n) is 5.52. The van der Waals surface area contributed by atoms with Crippen LogP contribution in [0.1, 0.15) is 47.5 Å². The number of hydrogen-bond acceptors (Lipinski definition) is 2. The van der Waals surface area contributed by atoms with E-state index in [9.17, 15) is 9.59 Å². The van der Waals surface area contributed by atoms with Crippen LogP contribution in [0.15, 0.2) is 24.3 Å². The molecule has 0 heterocycles. The maximum Gasteiger partial charge on any atom is 0.335 e. The fraction of sp³-hybridized carbons (Fsp3) is 0.385. The first-order valence-corrected chi connectivity index (χ1v) is 5.52. The fourth-order valence-corrected chi connectivity index (χ4v) is 2.20. The average molecular weight is 218 g/mol. The number of Topliss-reactive ketones (excluding diaryl/α,β-unsaturated/α-hetero) is 1. The van der Waals surface area contributed by atoms with E-state index in [1.807, 2.05) is 6.07 Å². The number of carbonyl (C=O) groups is 2. The molecule has 84 valence electrons. The van der Waals surface area contributed by atoms with Gasteiger partial charge in [0.15, 0.2) is 0 Å². The van der Waals surface area contributed by atoms with Crippen molar-refractivity contribution in [1.29, 1.82) is 0 Å². The van der Waals surface area contributed by atoms with Crippen molar-refractivity contribution in [1.82, 2.24) is 0 Å². The number of carboxylic acids is 1. The third-order valence-corrected chi connectivity index (χ3v) is 3.15. The molecule has 0 aliphatic heterocycles. The van der Waals surface area contributed by atoms with Crippen LogP contribution in [0.25, 0.3) is 0 Å². The molecule has 1 N–H and O–H groups in total. The van der Waals surface area contributed by atoms with Crippen molar-refractivity contribution in [2.75, 3.05) is 0 Å². The Hall–Kier alpha value is -1.64. The summed E-state index contributed by atoms with van der Waals surface area (Å²) in [5, 5.41) is 8.90. The van der Waals surface area contributed by atoms with Gasteiger partial charge < -0.3 is 5.11 Å². The molecule has 0 amide bonds. The molecular weight excluding hydrogens is 204 g/mol. The minimum atomic E-state index is -0.895. The van der Waals surface area contributed by atoms with E-state index in [0.29, 0.717) is 30.1 Å². The van der Waals surface area contributed by atoms with E-state index < -0.39 is 5.97 Å². The maximum atomic E-state index is 11.1. The van der Waals surface area contributed by atoms with Crippen molar-refractivity contribution in [2.24, 2.45) is 0 Å². The van der Waals surface area contributed by atoms with Gasteiger partial charge in [-0.05, 0) is 36.5 Å². The zero-order valence-corrected chi connectivity index (χ0v) is 8.98. The molecule has 1 aromatic rings. The Kier molecular flexibility index (Phi) is 3.04. The monoisotopic (exact) mass is 218 g/mol. The lowest BCUT2D eigenvalue weighted by molar-refractivity contribution is -0.120. The van der Waals surface area contributed by atoms with Gasteiger partial charge in [0.2, 0.25) is 0 Å². The van der Waals surface area contributed by atoms with Gasteiger partial charge >= 0.3 is 5.97 Å². The van der Waals surface area contributed by atoms with Crippen LogP contribution in [-0.2, 0) is 4.79 Å². The van der Waals surface area contributed by atoms with Crippen LogP contribution in [0, 0.1) is 0 Å². The van der Waals surface area contributed by atoms with Crippen LogP contribution in [0.4, 0.5) is 0 Å². The average Bonchev–Trinajstić information content (AvgIpc) is 2.30. The molecule has 1 saturated carbocycles. The Morgan fingerprint density at radius 1 is 1.25 bits per heavy atom. The summed E-state index contributed by atoms with van der Waals surface area (Å²) in [6.45, 7) is 0. The lowest BCUT2D eigenvalue weighted by atomic mass is 9.83. The Bertz CT molecular complexity index is 413. The third-order valence-electron chi connectivity index (χ3n) is 3.15. The molecule has 0 unspecified atom stereocenters. The van der Waals surface area contributed by atoms with E-state index in [1.54, 1.807) is 18.2 Å². The second-order valence-corrected chi connectivity index (χ2v) is 4.24. The van der Waals surface area contributed by atoms with Gasteiger partial charge in [-0.25, -0.2) is 4.79 Å². The molecule has 3 nitrogen and oxygen atoms in total. The van der Waals surface area contributed by atoms with E-state index in [4.69, 9.17) is 5.11 Å². The van der Waals surface area contributed by atoms with E-state index in [0.717, 1.165) is 18.4 Å². The van der Waals surface area contributed by atoms with Gasteiger partial charge in [-0.2, -0.15) is 0 Å². The Morgan fingerprint density at radius 3 is 2.56 bits per heavy atom. The zero-order chi connectivity index (χ0) is 11.5. The van der Waals surface area contributed by atoms with E-state index in [-0.39, 0.29) is 0 Å². The molecular formula is C13H14O3. The number of carboxylic acid groups (broad SMARTS) is 1. The van der Waals surface area contributed by atoms with Crippen LogP contribution in [-0.4, -0.2) is 16.9 Å². The zero-order valence-electron chi connectivity index (χ0n) is 8.98. The molecule has 0 spiro atoms. The molecule has 0 atom stereocenters. The second kappa shape index (κ2) is 4.47. The molecule has 1 aliphatic rings. The Balaban J connectivity index is 2.17. The first-order chi connectivity index (χ1) is 7.66. The summed E-state index contributed by atoms with van der Waals surface area (Å²) >= 11 is 0. The number of carbonyl (C=O) groups excluding carboxylic acids is 1. The number of ketones is 1. The third kappa shape index (κ3) is 2.30. The highest BCUT2D eigenvalue weighted by Crippen LogP contribution is 2.31. The van der Waals surface area contributed by atoms with Gasteiger partial charge in [-0.15, -0.1) is 0 Å². The fourth-order valence-electron chi connectivity index (χ4n) is 2.20. The van der Waals surface area contributed by atoms with Gasteiger partial charge in [0.1, 0.15) is 5.78 Å². The van der Waals surface area contributed by atoms with Crippen molar-refractivity contribution in [3.63, 3.8) is 0 Å². The van der Waals surface area contributed by atoms with Gasteiger partial charge in [0, 0.05) is 12.8 Å². The first kappa shape index (κ1) is 10.9. The standard InChI is InChI=1S/C13H14O3/c14-12-6-4-9(5-7-12)10-2-1-3-11(8-10)13(15)16/h1-3,8-9H,4-7H2,(H,15,16). The maximum absolute atomic E-state index is 11.1. The topological polar surface area (TPSA) is 54.4 Å². The summed E-state index contributed by atoms with van der Waals surface area (Å²) in [4.78, 5) is 22.0. The van der Waals surface area contributed by atoms with Gasteiger partial charge in [-0.3, -0.25) is 4.79 Å². The van der Waals surface area contributed by atoms with E-state index in [1.165, 1.54) is 0 Å². The SMILES string of the molecule is O=C1CCC(c2cccc(C(=O)O)c2)CC1. The number of benzene rings is 1. The number of rotatable bonds is 2. The quantitative estimate of drug-likeness (QED) is 0.830. The van der Waals surface area contributed by atoms with Crippen molar-refractivity contribution in [3.05, 3.63) is 35.4 Å². The molecule has 3 heteroatoms. The van der Waals surface area contributed by atoms with Crippen LogP contribution in [0.5, 0.6) is 0 Å². The molecule has 0 bridgehead atoms. The van der Waals surface area contributed by atoms with Gasteiger partial charge in [0.05, 0.1) is 5.56 Å². The lowest BCUT2D eigenvalue weighted by Gasteiger charge is -2.21. The van der Waals surface area contributed by atoms with E-state index in [2.05, 4.69) is 0 Å². The molecule has 1 aliphatic carbocycles. The summed E-state index contributed by atoms with van der Waals surface area (Å²) in [7, 11) is 0. The van der Waals surface area contributed by atoms with Crippen molar-refractivity contribution in [2.45, 2.75) is 31.6 Å². The highest BCUT2D eigenvalue weighted by Gasteiger charge is 2.20. The predicted octanol–water partition coefficient (Wildman–Crippen LogP) is 2.61.